The lowest BCUT2D eigenvalue weighted by molar-refractivity contribution is 0.100. The number of amides is 1. The van der Waals surface area contributed by atoms with Gasteiger partial charge < -0.3 is 10.5 Å². The molecule has 0 radical (unpaired) electrons. The highest BCUT2D eigenvalue weighted by atomic mass is 32.1. The number of benzene rings is 1. The second kappa shape index (κ2) is 6.02. The summed E-state index contributed by atoms with van der Waals surface area (Å²) in [5.41, 5.74) is 5.53. The molecule has 2 heterocycles. The molecule has 92 valence electrons. The van der Waals surface area contributed by atoms with Gasteiger partial charge in [-0.15, -0.1) is 11.3 Å². The van der Waals surface area contributed by atoms with Crippen molar-refractivity contribution in [1.82, 2.24) is 0 Å². The number of carbonyl (C=O) groups excluding carboxylic acids is 1. The Morgan fingerprint density at radius 3 is 2.61 bits per heavy atom. The molecule has 0 spiro atoms. The van der Waals surface area contributed by atoms with Crippen molar-refractivity contribution < 1.29 is 9.53 Å². The Balaban J connectivity index is 0.000000134. The number of primary amides is 1. The molecule has 0 aliphatic carbocycles. The van der Waals surface area contributed by atoms with E-state index in [1.54, 1.807) is 35.6 Å². The van der Waals surface area contributed by atoms with E-state index in [2.05, 4.69) is 6.08 Å². The van der Waals surface area contributed by atoms with Gasteiger partial charge in [0.2, 0.25) is 5.91 Å². The van der Waals surface area contributed by atoms with E-state index in [4.69, 9.17) is 10.5 Å². The fraction of sp³-hybridized carbons (Fsp3) is 0.0714. The van der Waals surface area contributed by atoms with E-state index in [0.29, 0.717) is 5.56 Å². The highest BCUT2D eigenvalue weighted by Gasteiger charge is 2.03. The molecule has 0 bridgehead atoms. The average Bonchev–Trinajstić information content (AvgIpc) is 2.89. The molecule has 4 heteroatoms. The Morgan fingerprint density at radius 1 is 1.22 bits per heavy atom. The molecule has 1 aliphatic heterocycles. The largest absolute Gasteiger partial charge is 0.488 e. The van der Waals surface area contributed by atoms with Crippen molar-refractivity contribution in [2.24, 2.45) is 5.73 Å². The lowest BCUT2D eigenvalue weighted by Crippen LogP contribution is -2.09. The highest BCUT2D eigenvalue weighted by Crippen LogP contribution is 2.28. The predicted molar refractivity (Wildman–Crippen MR) is 73.8 cm³/mol. The van der Waals surface area contributed by atoms with Crippen molar-refractivity contribution in [3.05, 3.63) is 58.3 Å². The van der Waals surface area contributed by atoms with Gasteiger partial charge in [0.15, 0.2) is 0 Å². The Kier molecular flexibility index (Phi) is 4.15. The third kappa shape index (κ3) is 3.21. The normalized spacial score (nSPS) is 11.8. The first kappa shape index (κ1) is 12.4. The summed E-state index contributed by atoms with van der Waals surface area (Å²) >= 11 is 1.71. The summed E-state index contributed by atoms with van der Waals surface area (Å²) in [6.07, 6.45) is 4.13. The third-order valence-corrected chi connectivity index (χ3v) is 3.18. The zero-order valence-corrected chi connectivity index (χ0v) is 10.5. The zero-order valence-electron chi connectivity index (χ0n) is 9.71. The highest BCUT2D eigenvalue weighted by molar-refractivity contribution is 7.11. The summed E-state index contributed by atoms with van der Waals surface area (Å²) in [4.78, 5) is 11.7. The van der Waals surface area contributed by atoms with Crippen LogP contribution < -0.4 is 10.5 Å². The molecule has 0 saturated heterocycles. The van der Waals surface area contributed by atoms with Crippen LogP contribution in [0.5, 0.6) is 5.75 Å². The molecule has 1 aromatic carbocycles. The van der Waals surface area contributed by atoms with E-state index < -0.39 is 0 Å². The Bertz CT molecular complexity index is 546. The lowest BCUT2D eigenvalue weighted by Gasteiger charge is -2.05. The van der Waals surface area contributed by atoms with Crippen LogP contribution in [0.25, 0.3) is 6.08 Å². The molecule has 1 amide bonds. The third-order valence-electron chi connectivity index (χ3n) is 2.32. The first-order chi connectivity index (χ1) is 8.77. The van der Waals surface area contributed by atoms with Crippen LogP contribution in [0.1, 0.15) is 15.2 Å². The molecule has 3 rings (SSSR count). The molecule has 1 aromatic heterocycles. The molecule has 0 unspecified atom stereocenters. The number of fused-ring (bicyclic) bond motifs is 1. The van der Waals surface area contributed by atoms with E-state index in [1.807, 2.05) is 23.6 Å². The van der Waals surface area contributed by atoms with Crippen molar-refractivity contribution in [2.45, 2.75) is 0 Å². The van der Waals surface area contributed by atoms with E-state index in [0.717, 1.165) is 12.4 Å². The smallest absolute Gasteiger partial charge is 0.248 e. The average molecular weight is 259 g/mol. The molecular formula is C14H13NO2S. The minimum atomic E-state index is -0.379. The van der Waals surface area contributed by atoms with Crippen LogP contribution in [-0.4, -0.2) is 12.5 Å². The summed E-state index contributed by atoms with van der Waals surface area (Å²) in [5.74, 6) is 0.651. The molecule has 2 aromatic rings. The van der Waals surface area contributed by atoms with E-state index in [-0.39, 0.29) is 5.91 Å². The summed E-state index contributed by atoms with van der Waals surface area (Å²) < 4.78 is 5.29. The maximum atomic E-state index is 10.4. The minimum absolute atomic E-state index is 0.379. The predicted octanol–water partition coefficient (Wildman–Crippen LogP) is 2.94. The van der Waals surface area contributed by atoms with Crippen molar-refractivity contribution in [2.75, 3.05) is 6.61 Å². The standard InChI is InChI=1S/C7H7NO.C7H6OS/c8-7(9)6-4-2-1-3-5-6;1-2-7-6(8-4-1)3-5-9-7/h1-5H,(H2,8,9);1-3,5H,4H2. The van der Waals surface area contributed by atoms with Crippen molar-refractivity contribution in [3.8, 4) is 5.75 Å². The molecule has 18 heavy (non-hydrogen) atoms. The van der Waals surface area contributed by atoms with Crippen LogP contribution in [0.4, 0.5) is 0 Å². The van der Waals surface area contributed by atoms with E-state index >= 15 is 0 Å². The molecule has 2 N–H and O–H groups in total. The maximum absolute atomic E-state index is 10.4. The van der Waals surface area contributed by atoms with Crippen LogP contribution in [0.2, 0.25) is 0 Å². The number of hydrogen-bond donors (Lipinski definition) is 1. The fourth-order valence-electron chi connectivity index (χ4n) is 1.45. The van der Waals surface area contributed by atoms with Crippen LogP contribution >= 0.6 is 11.3 Å². The van der Waals surface area contributed by atoms with Gasteiger partial charge >= 0.3 is 0 Å². The number of rotatable bonds is 1. The summed E-state index contributed by atoms with van der Waals surface area (Å²) in [7, 11) is 0. The summed E-state index contributed by atoms with van der Waals surface area (Å²) in [5, 5.41) is 2.04. The monoisotopic (exact) mass is 259 g/mol. The van der Waals surface area contributed by atoms with Gasteiger partial charge in [-0.05, 0) is 35.7 Å². The number of hydrogen-bond acceptors (Lipinski definition) is 3. The van der Waals surface area contributed by atoms with Gasteiger partial charge in [0.05, 0.1) is 4.88 Å². The van der Waals surface area contributed by atoms with Gasteiger partial charge in [-0.1, -0.05) is 18.2 Å². The van der Waals surface area contributed by atoms with Crippen molar-refractivity contribution in [1.29, 1.82) is 0 Å². The molecule has 3 nitrogen and oxygen atoms in total. The SMILES string of the molecule is C1=Cc2sccc2OC1.NC(=O)c1ccccc1. The fourth-order valence-corrected chi connectivity index (χ4v) is 2.20. The van der Waals surface area contributed by atoms with Crippen LogP contribution in [0.3, 0.4) is 0 Å². The molecule has 0 atom stereocenters. The topological polar surface area (TPSA) is 52.3 Å². The number of nitrogens with two attached hydrogens (primary N) is 1. The van der Waals surface area contributed by atoms with Crippen LogP contribution in [0.15, 0.2) is 47.9 Å². The number of thiophene rings is 1. The lowest BCUT2D eigenvalue weighted by atomic mass is 10.2. The summed E-state index contributed by atoms with van der Waals surface area (Å²) in [6.45, 7) is 0.726. The first-order valence-electron chi connectivity index (χ1n) is 5.49. The summed E-state index contributed by atoms with van der Waals surface area (Å²) in [6, 6.07) is 10.8. The van der Waals surface area contributed by atoms with E-state index in [1.165, 1.54) is 4.88 Å². The number of carbonyl (C=O) groups is 1. The first-order valence-corrected chi connectivity index (χ1v) is 6.37. The van der Waals surface area contributed by atoms with Gasteiger partial charge in [0.25, 0.3) is 0 Å². The quantitative estimate of drug-likeness (QED) is 0.856. The van der Waals surface area contributed by atoms with Gasteiger partial charge in [-0.25, -0.2) is 0 Å². The minimum Gasteiger partial charge on any atom is -0.488 e. The van der Waals surface area contributed by atoms with Crippen LogP contribution in [0, 0.1) is 0 Å². The van der Waals surface area contributed by atoms with Gasteiger partial charge in [0, 0.05) is 5.56 Å². The molecule has 0 fully saturated rings. The Morgan fingerprint density at radius 2 is 2.00 bits per heavy atom. The maximum Gasteiger partial charge on any atom is 0.248 e. The van der Waals surface area contributed by atoms with Gasteiger partial charge in [-0.3, -0.25) is 4.79 Å². The Labute approximate surface area is 110 Å². The zero-order chi connectivity index (χ0) is 12.8. The van der Waals surface area contributed by atoms with Crippen molar-refractivity contribution >= 4 is 23.3 Å². The molecular weight excluding hydrogens is 246 g/mol. The second-order valence-corrected chi connectivity index (χ2v) is 4.54. The van der Waals surface area contributed by atoms with Gasteiger partial charge in [0.1, 0.15) is 12.4 Å². The Hall–Kier alpha value is -2.07. The number of ether oxygens (including phenoxy) is 1. The molecule has 1 aliphatic rings. The van der Waals surface area contributed by atoms with Crippen molar-refractivity contribution in [3.63, 3.8) is 0 Å². The second-order valence-electron chi connectivity index (χ2n) is 3.59. The van der Waals surface area contributed by atoms with Crippen LogP contribution in [-0.2, 0) is 0 Å². The molecule has 0 saturated carbocycles. The van der Waals surface area contributed by atoms with Gasteiger partial charge in [-0.2, -0.15) is 0 Å². The van der Waals surface area contributed by atoms with E-state index in [9.17, 15) is 4.79 Å².